The first kappa shape index (κ1) is 9.45. The third-order valence-corrected chi connectivity index (χ3v) is 1.81. The fourth-order valence-electron chi connectivity index (χ4n) is 1.08. The maximum Gasteiger partial charge on any atom is 0.235 e. The molecule has 0 atom stereocenters. The van der Waals surface area contributed by atoms with Crippen LogP contribution >= 0.6 is 0 Å². The van der Waals surface area contributed by atoms with Crippen molar-refractivity contribution in [3.05, 3.63) is 51.2 Å². The fraction of sp³-hybridized carbons (Fsp3) is 0.200. The minimum atomic E-state index is -0.457. The first-order valence-electron chi connectivity index (χ1n) is 3.98. The fourth-order valence-corrected chi connectivity index (χ4v) is 1.08. The van der Waals surface area contributed by atoms with Gasteiger partial charge in [-0.15, -0.1) is 0 Å². The Morgan fingerprint density at radius 1 is 1.38 bits per heavy atom. The van der Waals surface area contributed by atoms with Crippen molar-refractivity contribution in [3.8, 4) is 0 Å². The Balaban J connectivity index is 3.00. The van der Waals surface area contributed by atoms with Crippen LogP contribution in [-0.4, -0.2) is 4.92 Å². The molecule has 0 saturated carbocycles. The van der Waals surface area contributed by atoms with Crippen LogP contribution in [0.25, 0.3) is 6.08 Å². The van der Waals surface area contributed by atoms with Crippen LogP contribution in [0.1, 0.15) is 16.7 Å². The van der Waals surface area contributed by atoms with Crippen molar-refractivity contribution in [2.24, 2.45) is 0 Å². The van der Waals surface area contributed by atoms with Crippen LogP contribution in [0, 0.1) is 24.0 Å². The second kappa shape index (κ2) is 3.85. The van der Waals surface area contributed by atoms with Gasteiger partial charge in [0.15, 0.2) is 0 Å². The van der Waals surface area contributed by atoms with Crippen LogP contribution in [0.5, 0.6) is 0 Å². The van der Waals surface area contributed by atoms with E-state index < -0.39 is 4.92 Å². The molecule has 3 heteroatoms. The number of rotatable bonds is 2. The molecule has 3 nitrogen and oxygen atoms in total. The smallest absolute Gasteiger partial charge is 0.235 e. The van der Waals surface area contributed by atoms with E-state index in [9.17, 15) is 10.1 Å². The molecule has 0 saturated heterocycles. The number of aryl methyl sites for hydroxylation is 2. The first-order chi connectivity index (χ1) is 6.09. The summed E-state index contributed by atoms with van der Waals surface area (Å²) in [5, 5.41) is 10.1. The molecule has 0 N–H and O–H groups in total. The van der Waals surface area contributed by atoms with Crippen molar-refractivity contribution in [1.82, 2.24) is 0 Å². The lowest BCUT2D eigenvalue weighted by atomic mass is 10.1. The van der Waals surface area contributed by atoms with Crippen LogP contribution in [0.3, 0.4) is 0 Å². The summed E-state index contributed by atoms with van der Waals surface area (Å²) in [6, 6.07) is 5.86. The molecule has 0 aliphatic carbocycles. The van der Waals surface area contributed by atoms with E-state index >= 15 is 0 Å². The Bertz CT molecular complexity index is 356. The van der Waals surface area contributed by atoms with Gasteiger partial charge in [-0.25, -0.2) is 0 Å². The first-order valence-corrected chi connectivity index (χ1v) is 3.98. The second-order valence-electron chi connectivity index (χ2n) is 2.96. The molecule has 13 heavy (non-hydrogen) atoms. The molecule has 0 unspecified atom stereocenters. The van der Waals surface area contributed by atoms with Gasteiger partial charge in [0.05, 0.1) is 4.92 Å². The van der Waals surface area contributed by atoms with E-state index in [1.54, 1.807) is 0 Å². The van der Waals surface area contributed by atoms with Crippen molar-refractivity contribution < 1.29 is 4.92 Å². The molecule has 0 heterocycles. The van der Waals surface area contributed by atoms with E-state index in [1.807, 2.05) is 32.0 Å². The van der Waals surface area contributed by atoms with E-state index in [-0.39, 0.29) is 0 Å². The molecular weight excluding hydrogens is 166 g/mol. The quantitative estimate of drug-likeness (QED) is 0.514. The van der Waals surface area contributed by atoms with Crippen molar-refractivity contribution in [2.75, 3.05) is 0 Å². The minimum Gasteiger partial charge on any atom is -0.259 e. The highest BCUT2D eigenvalue weighted by Gasteiger charge is 1.95. The van der Waals surface area contributed by atoms with Gasteiger partial charge in [0, 0.05) is 6.08 Å². The topological polar surface area (TPSA) is 43.1 Å². The molecule has 68 valence electrons. The van der Waals surface area contributed by atoms with Crippen molar-refractivity contribution >= 4 is 6.08 Å². The maximum absolute atomic E-state index is 10.1. The maximum atomic E-state index is 10.1. The SMILES string of the molecule is Cc1ccc(C)c(C=C[N+](=O)[O-])c1. The predicted octanol–water partition coefficient (Wildman–Crippen LogP) is 2.55. The lowest BCUT2D eigenvalue weighted by Gasteiger charge is -1.99. The number of hydrogen-bond acceptors (Lipinski definition) is 2. The summed E-state index contributed by atoms with van der Waals surface area (Å²) in [4.78, 5) is 9.63. The average Bonchev–Trinajstić information content (AvgIpc) is 2.06. The normalized spacial score (nSPS) is 10.6. The van der Waals surface area contributed by atoms with Crippen LogP contribution in [0.15, 0.2) is 24.4 Å². The van der Waals surface area contributed by atoms with Gasteiger partial charge >= 0.3 is 0 Å². The minimum absolute atomic E-state index is 0.457. The summed E-state index contributed by atoms with van der Waals surface area (Å²) in [6.45, 7) is 3.89. The zero-order valence-electron chi connectivity index (χ0n) is 7.65. The average molecular weight is 177 g/mol. The molecule has 0 fully saturated rings. The highest BCUT2D eigenvalue weighted by molar-refractivity contribution is 5.53. The van der Waals surface area contributed by atoms with Crippen molar-refractivity contribution in [3.63, 3.8) is 0 Å². The molecule has 0 aromatic heterocycles. The van der Waals surface area contributed by atoms with Gasteiger partial charge in [-0.2, -0.15) is 0 Å². The van der Waals surface area contributed by atoms with E-state index in [4.69, 9.17) is 0 Å². The molecule has 0 radical (unpaired) electrons. The highest BCUT2D eigenvalue weighted by atomic mass is 16.6. The molecule has 1 aromatic rings. The van der Waals surface area contributed by atoms with E-state index in [0.717, 1.165) is 22.9 Å². The van der Waals surface area contributed by atoms with Gasteiger partial charge in [-0.05, 0) is 25.0 Å². The zero-order chi connectivity index (χ0) is 9.84. The summed E-state index contributed by atoms with van der Waals surface area (Å²) in [7, 11) is 0. The van der Waals surface area contributed by atoms with Gasteiger partial charge in [0.25, 0.3) is 0 Å². The Labute approximate surface area is 76.9 Å². The summed E-state index contributed by atoms with van der Waals surface area (Å²) in [6.07, 6.45) is 2.48. The lowest BCUT2D eigenvalue weighted by molar-refractivity contribution is -0.400. The Hall–Kier alpha value is -1.64. The number of hydrogen-bond donors (Lipinski definition) is 0. The molecular formula is C10H11NO2. The molecule has 1 aromatic carbocycles. The zero-order valence-corrected chi connectivity index (χ0v) is 7.65. The van der Waals surface area contributed by atoms with Gasteiger partial charge in [-0.1, -0.05) is 23.8 Å². The molecule has 0 aliphatic rings. The van der Waals surface area contributed by atoms with Gasteiger partial charge in [0.2, 0.25) is 6.20 Å². The van der Waals surface area contributed by atoms with Crippen LogP contribution in [0.2, 0.25) is 0 Å². The number of nitrogens with zero attached hydrogens (tertiary/aromatic N) is 1. The highest BCUT2D eigenvalue weighted by Crippen LogP contribution is 2.11. The van der Waals surface area contributed by atoms with Crippen LogP contribution in [0.4, 0.5) is 0 Å². The summed E-state index contributed by atoms with van der Waals surface area (Å²) in [5.41, 5.74) is 3.05. The number of nitro groups is 1. The van der Waals surface area contributed by atoms with E-state index in [1.165, 1.54) is 6.08 Å². The largest absolute Gasteiger partial charge is 0.259 e. The second-order valence-corrected chi connectivity index (χ2v) is 2.96. The van der Waals surface area contributed by atoms with Gasteiger partial charge in [-0.3, -0.25) is 10.1 Å². The third-order valence-electron chi connectivity index (χ3n) is 1.81. The van der Waals surface area contributed by atoms with Crippen LogP contribution < -0.4 is 0 Å². The molecule has 1 rings (SSSR count). The molecule has 0 spiro atoms. The standard InChI is InChI=1S/C10H11NO2/c1-8-3-4-9(2)10(7-8)5-6-11(12)13/h3-7H,1-2H3. The molecule has 0 aliphatic heterocycles. The summed E-state index contributed by atoms with van der Waals surface area (Å²) < 4.78 is 0. The predicted molar refractivity (Wildman–Crippen MR) is 51.9 cm³/mol. The summed E-state index contributed by atoms with van der Waals surface area (Å²) >= 11 is 0. The van der Waals surface area contributed by atoms with Crippen molar-refractivity contribution in [2.45, 2.75) is 13.8 Å². The van der Waals surface area contributed by atoms with E-state index in [2.05, 4.69) is 0 Å². The molecule has 0 amide bonds. The van der Waals surface area contributed by atoms with E-state index in [0.29, 0.717) is 0 Å². The Morgan fingerprint density at radius 3 is 2.69 bits per heavy atom. The molecule has 0 bridgehead atoms. The monoisotopic (exact) mass is 177 g/mol. The Morgan fingerprint density at radius 2 is 2.08 bits per heavy atom. The van der Waals surface area contributed by atoms with Gasteiger partial charge in [0.1, 0.15) is 0 Å². The summed E-state index contributed by atoms with van der Waals surface area (Å²) in [5.74, 6) is 0. The van der Waals surface area contributed by atoms with Crippen LogP contribution in [-0.2, 0) is 0 Å². The lowest BCUT2D eigenvalue weighted by Crippen LogP contribution is -1.85. The number of benzene rings is 1. The van der Waals surface area contributed by atoms with Crippen molar-refractivity contribution in [1.29, 1.82) is 0 Å². The Kier molecular flexibility index (Phi) is 2.80. The third kappa shape index (κ3) is 2.71. The van der Waals surface area contributed by atoms with Gasteiger partial charge < -0.3 is 0 Å².